The summed E-state index contributed by atoms with van der Waals surface area (Å²) in [4.78, 5) is 11.2. The average Bonchev–Trinajstić information content (AvgIpc) is 2.12. The van der Waals surface area contributed by atoms with Gasteiger partial charge in [-0.2, -0.15) is 0 Å². The van der Waals surface area contributed by atoms with Crippen molar-refractivity contribution in [3.05, 3.63) is 12.2 Å². The van der Waals surface area contributed by atoms with Crippen molar-refractivity contribution in [1.82, 2.24) is 0 Å². The van der Waals surface area contributed by atoms with E-state index in [1.165, 1.54) is 0 Å². The summed E-state index contributed by atoms with van der Waals surface area (Å²) in [7, 11) is 0. The van der Waals surface area contributed by atoms with E-state index < -0.39 is 0 Å². The molecule has 0 amide bonds. The van der Waals surface area contributed by atoms with Crippen LogP contribution in [0, 0.1) is 0 Å². The molecule has 0 aliphatic carbocycles. The molecule has 0 aromatic heterocycles. The molecular formula is C10H18O2. The van der Waals surface area contributed by atoms with Crippen molar-refractivity contribution in [2.75, 3.05) is 0 Å². The topological polar surface area (TPSA) is 26.3 Å². The van der Waals surface area contributed by atoms with Crippen molar-refractivity contribution in [1.29, 1.82) is 0 Å². The second-order valence-electron chi connectivity index (χ2n) is 2.80. The van der Waals surface area contributed by atoms with Gasteiger partial charge in [0.1, 0.15) is 6.10 Å². The van der Waals surface area contributed by atoms with Gasteiger partial charge in [-0.3, -0.25) is 0 Å². The average molecular weight is 170 g/mol. The predicted molar refractivity (Wildman–Crippen MR) is 49.9 cm³/mol. The molecule has 70 valence electrons. The summed E-state index contributed by atoms with van der Waals surface area (Å²) in [6, 6.07) is 0. The number of carbonyl (C=O) groups is 1. The van der Waals surface area contributed by atoms with E-state index in [1.54, 1.807) is 0 Å². The molecule has 0 saturated heterocycles. The predicted octanol–water partition coefficient (Wildman–Crippen LogP) is 2.68. The highest BCUT2D eigenvalue weighted by Gasteiger charge is 2.11. The Kier molecular flexibility index (Phi) is 5.43. The maximum Gasteiger partial charge on any atom is 0.333 e. The summed E-state index contributed by atoms with van der Waals surface area (Å²) in [6.45, 7) is 9.54. The molecule has 0 spiro atoms. The summed E-state index contributed by atoms with van der Waals surface area (Å²) in [5.41, 5.74) is 0.557. The lowest BCUT2D eigenvalue weighted by Gasteiger charge is -2.14. The number of rotatable bonds is 5. The van der Waals surface area contributed by atoms with Gasteiger partial charge >= 0.3 is 5.97 Å². The summed E-state index contributed by atoms with van der Waals surface area (Å²) in [5.74, 6) is -0.244. The molecule has 0 heterocycles. The molecule has 0 N–H and O–H groups in total. The van der Waals surface area contributed by atoms with Crippen LogP contribution >= 0.6 is 0 Å². The highest BCUT2D eigenvalue weighted by Crippen LogP contribution is 2.07. The molecule has 2 heteroatoms. The van der Waals surface area contributed by atoms with E-state index in [2.05, 4.69) is 6.58 Å². The molecule has 0 aromatic rings. The maximum absolute atomic E-state index is 11.2. The fraction of sp³-hybridized carbons (Fsp3) is 0.700. The molecule has 0 rings (SSSR count). The van der Waals surface area contributed by atoms with Crippen molar-refractivity contribution in [2.24, 2.45) is 0 Å². The largest absolute Gasteiger partial charge is 0.459 e. The van der Waals surface area contributed by atoms with Crippen molar-refractivity contribution in [3.63, 3.8) is 0 Å². The number of ether oxygens (including phenoxy) is 1. The van der Waals surface area contributed by atoms with Crippen LogP contribution in [0.4, 0.5) is 0 Å². The van der Waals surface area contributed by atoms with Crippen molar-refractivity contribution in [2.45, 2.75) is 46.1 Å². The van der Waals surface area contributed by atoms with E-state index in [4.69, 9.17) is 4.74 Å². The molecule has 0 bridgehead atoms. The molecule has 0 aliphatic rings. The zero-order valence-corrected chi connectivity index (χ0v) is 8.22. The fourth-order valence-corrected chi connectivity index (χ4v) is 0.834. The van der Waals surface area contributed by atoms with Gasteiger partial charge in [0, 0.05) is 5.57 Å². The first-order valence-corrected chi connectivity index (χ1v) is 4.54. The first-order valence-electron chi connectivity index (χ1n) is 4.54. The molecule has 0 radical (unpaired) electrons. The normalized spacial score (nSPS) is 10.0. The van der Waals surface area contributed by atoms with E-state index in [-0.39, 0.29) is 12.1 Å². The minimum absolute atomic E-state index is 0.0563. The third-order valence-corrected chi connectivity index (χ3v) is 1.90. The number of hydrogen-bond acceptors (Lipinski definition) is 2. The van der Waals surface area contributed by atoms with Gasteiger partial charge < -0.3 is 4.74 Å². The van der Waals surface area contributed by atoms with Crippen LogP contribution in [-0.4, -0.2) is 12.1 Å². The molecule has 12 heavy (non-hydrogen) atoms. The third-order valence-electron chi connectivity index (χ3n) is 1.90. The second kappa shape index (κ2) is 5.81. The molecular weight excluding hydrogens is 152 g/mol. The second-order valence-corrected chi connectivity index (χ2v) is 2.80. The number of hydrogen-bond donors (Lipinski definition) is 0. The van der Waals surface area contributed by atoms with Gasteiger partial charge in [-0.25, -0.2) is 4.79 Å². The van der Waals surface area contributed by atoms with Crippen LogP contribution in [0.1, 0.15) is 40.0 Å². The minimum atomic E-state index is -0.244. The van der Waals surface area contributed by atoms with Gasteiger partial charge in [0.05, 0.1) is 0 Å². The Morgan fingerprint density at radius 1 is 1.33 bits per heavy atom. The van der Waals surface area contributed by atoms with Gasteiger partial charge in [-0.1, -0.05) is 27.4 Å². The van der Waals surface area contributed by atoms with Crippen LogP contribution in [0.5, 0.6) is 0 Å². The number of esters is 1. The summed E-state index contributed by atoms with van der Waals surface area (Å²) < 4.78 is 5.16. The van der Waals surface area contributed by atoms with Gasteiger partial charge in [0.25, 0.3) is 0 Å². The summed E-state index contributed by atoms with van der Waals surface area (Å²) in [6.07, 6.45) is 2.47. The maximum atomic E-state index is 11.2. The van der Waals surface area contributed by atoms with Crippen molar-refractivity contribution >= 4 is 5.97 Å². The lowest BCUT2D eigenvalue weighted by Crippen LogP contribution is -2.17. The van der Waals surface area contributed by atoms with Crippen LogP contribution in [0.25, 0.3) is 0 Å². The Balaban J connectivity index is 3.89. The highest BCUT2D eigenvalue weighted by atomic mass is 16.5. The third kappa shape index (κ3) is 3.56. The molecule has 0 fully saturated rings. The van der Waals surface area contributed by atoms with Crippen LogP contribution in [0.15, 0.2) is 12.2 Å². The molecule has 0 aromatic carbocycles. The van der Waals surface area contributed by atoms with Crippen LogP contribution in [0.3, 0.4) is 0 Å². The fourth-order valence-electron chi connectivity index (χ4n) is 0.834. The van der Waals surface area contributed by atoms with E-state index in [0.717, 1.165) is 12.8 Å². The smallest absolute Gasteiger partial charge is 0.333 e. The van der Waals surface area contributed by atoms with Crippen LogP contribution in [0.2, 0.25) is 0 Å². The molecule has 0 saturated carbocycles. The SMILES string of the molecule is C=C(CC)C(=O)OC(CC)CC. The molecule has 2 nitrogen and oxygen atoms in total. The Bertz CT molecular complexity index is 157. The highest BCUT2D eigenvalue weighted by molar-refractivity contribution is 5.87. The minimum Gasteiger partial charge on any atom is -0.459 e. The standard InChI is InChI=1S/C10H18O2/c1-5-8(4)10(11)12-9(6-2)7-3/h9H,4-7H2,1-3H3. The van der Waals surface area contributed by atoms with E-state index in [1.807, 2.05) is 20.8 Å². The Morgan fingerprint density at radius 2 is 1.83 bits per heavy atom. The van der Waals surface area contributed by atoms with Crippen LogP contribution in [-0.2, 0) is 9.53 Å². The lowest BCUT2D eigenvalue weighted by molar-refractivity contribution is -0.144. The Hall–Kier alpha value is -0.790. The summed E-state index contributed by atoms with van der Waals surface area (Å²) >= 11 is 0. The Labute approximate surface area is 74.6 Å². The van der Waals surface area contributed by atoms with E-state index >= 15 is 0 Å². The molecule has 0 unspecified atom stereocenters. The number of carbonyl (C=O) groups excluding carboxylic acids is 1. The first kappa shape index (κ1) is 11.2. The van der Waals surface area contributed by atoms with Gasteiger partial charge in [-0.15, -0.1) is 0 Å². The van der Waals surface area contributed by atoms with Crippen molar-refractivity contribution in [3.8, 4) is 0 Å². The van der Waals surface area contributed by atoms with Gasteiger partial charge in [0.15, 0.2) is 0 Å². The monoisotopic (exact) mass is 170 g/mol. The molecule has 0 aliphatic heterocycles. The quantitative estimate of drug-likeness (QED) is 0.468. The molecule has 0 atom stereocenters. The zero-order chi connectivity index (χ0) is 9.56. The Morgan fingerprint density at radius 3 is 2.17 bits per heavy atom. The van der Waals surface area contributed by atoms with Gasteiger partial charge in [0.2, 0.25) is 0 Å². The first-order chi connectivity index (χ1) is 5.65. The van der Waals surface area contributed by atoms with E-state index in [0.29, 0.717) is 12.0 Å². The van der Waals surface area contributed by atoms with Crippen LogP contribution < -0.4 is 0 Å². The zero-order valence-electron chi connectivity index (χ0n) is 8.22. The lowest BCUT2D eigenvalue weighted by atomic mass is 10.2. The van der Waals surface area contributed by atoms with E-state index in [9.17, 15) is 4.79 Å². The summed E-state index contributed by atoms with van der Waals surface area (Å²) in [5, 5.41) is 0. The van der Waals surface area contributed by atoms with Crippen molar-refractivity contribution < 1.29 is 9.53 Å². The van der Waals surface area contributed by atoms with Gasteiger partial charge in [-0.05, 0) is 19.3 Å².